The van der Waals surface area contributed by atoms with Crippen molar-refractivity contribution in [2.45, 2.75) is 70.5 Å². The highest BCUT2D eigenvalue weighted by molar-refractivity contribution is 6.36. The van der Waals surface area contributed by atoms with Crippen LogP contribution >= 0.6 is 23.2 Å². The van der Waals surface area contributed by atoms with Crippen LogP contribution in [0, 0.1) is 0 Å². The van der Waals surface area contributed by atoms with Crippen molar-refractivity contribution in [3.05, 3.63) is 99.5 Å². The number of hydrogen-bond donors (Lipinski definition) is 1. The second-order valence-corrected chi connectivity index (χ2v) is 11.2. The monoisotopic (exact) mass is 566 g/mol. The van der Waals surface area contributed by atoms with Crippen LogP contribution in [0.2, 0.25) is 10.0 Å². The molecule has 1 aliphatic carbocycles. The first-order valence-corrected chi connectivity index (χ1v) is 14.4. The molecule has 39 heavy (non-hydrogen) atoms. The molecule has 0 saturated heterocycles. The Bertz CT molecular complexity index is 1240. The number of para-hydroxylation sites is 1. The molecular formula is C32H36Cl2N2O3. The van der Waals surface area contributed by atoms with Crippen LogP contribution in [0.3, 0.4) is 0 Å². The van der Waals surface area contributed by atoms with Gasteiger partial charge in [0.2, 0.25) is 5.91 Å². The summed E-state index contributed by atoms with van der Waals surface area (Å²) in [6, 6.07) is 22.1. The predicted molar refractivity (Wildman–Crippen MR) is 157 cm³/mol. The molecule has 2 amide bonds. The van der Waals surface area contributed by atoms with E-state index in [0.717, 1.165) is 36.8 Å². The molecular weight excluding hydrogens is 531 g/mol. The van der Waals surface area contributed by atoms with E-state index in [9.17, 15) is 9.59 Å². The first kappa shape index (κ1) is 29.0. The van der Waals surface area contributed by atoms with Crippen molar-refractivity contribution in [1.29, 1.82) is 0 Å². The maximum Gasteiger partial charge on any atom is 0.261 e. The van der Waals surface area contributed by atoms with Crippen molar-refractivity contribution in [2.75, 3.05) is 6.61 Å². The molecule has 0 heterocycles. The van der Waals surface area contributed by atoms with E-state index >= 15 is 0 Å². The van der Waals surface area contributed by atoms with Crippen LogP contribution in [0.25, 0.3) is 0 Å². The molecule has 5 nitrogen and oxygen atoms in total. The second-order valence-electron chi connectivity index (χ2n) is 10.4. The van der Waals surface area contributed by atoms with Crippen LogP contribution in [0.5, 0.6) is 5.75 Å². The Balaban J connectivity index is 1.66. The van der Waals surface area contributed by atoms with Crippen molar-refractivity contribution in [3.63, 3.8) is 0 Å². The van der Waals surface area contributed by atoms with Gasteiger partial charge in [-0.1, -0.05) is 104 Å². The lowest BCUT2D eigenvalue weighted by atomic mass is 10.0. The number of amides is 2. The van der Waals surface area contributed by atoms with Gasteiger partial charge in [0.05, 0.1) is 0 Å². The Morgan fingerprint density at radius 2 is 1.56 bits per heavy atom. The molecule has 1 N–H and O–H groups in total. The lowest BCUT2D eigenvalue weighted by Crippen LogP contribution is -2.53. The summed E-state index contributed by atoms with van der Waals surface area (Å²) >= 11 is 13.1. The van der Waals surface area contributed by atoms with Crippen molar-refractivity contribution >= 4 is 35.0 Å². The van der Waals surface area contributed by atoms with Gasteiger partial charge < -0.3 is 15.0 Å². The minimum Gasteiger partial charge on any atom is -0.483 e. The van der Waals surface area contributed by atoms with Crippen molar-refractivity contribution < 1.29 is 14.3 Å². The zero-order valence-electron chi connectivity index (χ0n) is 22.5. The molecule has 1 fully saturated rings. The number of hydrogen-bond acceptors (Lipinski definition) is 3. The van der Waals surface area contributed by atoms with Crippen LogP contribution < -0.4 is 10.1 Å². The summed E-state index contributed by atoms with van der Waals surface area (Å²) in [4.78, 5) is 29.3. The molecule has 206 valence electrons. The van der Waals surface area contributed by atoms with E-state index in [4.69, 9.17) is 27.9 Å². The summed E-state index contributed by atoms with van der Waals surface area (Å²) in [6.45, 7) is 4.04. The molecule has 1 aliphatic rings. The van der Waals surface area contributed by atoms with Gasteiger partial charge in [0, 0.05) is 34.6 Å². The lowest BCUT2D eigenvalue weighted by Gasteiger charge is -2.33. The molecule has 4 rings (SSSR count). The van der Waals surface area contributed by atoms with Gasteiger partial charge in [-0.25, -0.2) is 0 Å². The fourth-order valence-corrected chi connectivity index (χ4v) is 5.60. The van der Waals surface area contributed by atoms with Crippen molar-refractivity contribution in [3.8, 4) is 5.75 Å². The summed E-state index contributed by atoms with van der Waals surface area (Å²) in [7, 11) is 0. The SMILES string of the molecule is CC(C)c1ccccc1OCC(=O)N(Cc1c(Cl)cccc1Cl)[C@@H](Cc1ccccc1)C(=O)NC1CCCC1. The highest BCUT2D eigenvalue weighted by Gasteiger charge is 2.33. The Morgan fingerprint density at radius 1 is 0.923 bits per heavy atom. The minimum absolute atomic E-state index is 0.0854. The lowest BCUT2D eigenvalue weighted by molar-refractivity contribution is -0.143. The van der Waals surface area contributed by atoms with Crippen LogP contribution in [0.4, 0.5) is 0 Å². The third-order valence-electron chi connectivity index (χ3n) is 7.25. The van der Waals surface area contributed by atoms with Gasteiger partial charge in [0.1, 0.15) is 11.8 Å². The van der Waals surface area contributed by atoms with E-state index in [2.05, 4.69) is 19.2 Å². The van der Waals surface area contributed by atoms with Gasteiger partial charge >= 0.3 is 0 Å². The van der Waals surface area contributed by atoms with Crippen molar-refractivity contribution in [1.82, 2.24) is 10.2 Å². The third kappa shape index (κ3) is 7.77. The van der Waals surface area contributed by atoms with Gasteiger partial charge in [-0.15, -0.1) is 0 Å². The van der Waals surface area contributed by atoms with Gasteiger partial charge in [0.25, 0.3) is 5.91 Å². The number of carbonyl (C=O) groups is 2. The predicted octanol–water partition coefficient (Wildman–Crippen LogP) is 7.19. The normalized spacial score (nSPS) is 14.3. The molecule has 1 atom stereocenters. The quantitative estimate of drug-likeness (QED) is 0.267. The van der Waals surface area contributed by atoms with Gasteiger partial charge in [-0.2, -0.15) is 0 Å². The summed E-state index contributed by atoms with van der Waals surface area (Å²) in [5, 5.41) is 4.10. The molecule has 3 aromatic rings. The minimum atomic E-state index is -0.767. The molecule has 3 aromatic carbocycles. The molecule has 0 aliphatic heterocycles. The fraction of sp³-hybridized carbons (Fsp3) is 0.375. The highest BCUT2D eigenvalue weighted by atomic mass is 35.5. The number of halogens is 2. The largest absolute Gasteiger partial charge is 0.483 e. The third-order valence-corrected chi connectivity index (χ3v) is 7.96. The number of nitrogens with zero attached hydrogens (tertiary/aromatic N) is 1. The van der Waals surface area contributed by atoms with Crippen LogP contribution in [-0.4, -0.2) is 35.4 Å². The summed E-state index contributed by atoms with van der Waals surface area (Å²) < 4.78 is 6.06. The molecule has 7 heteroatoms. The molecule has 1 saturated carbocycles. The standard InChI is InChI=1S/C32H36Cl2N2O3/c1-22(2)25-15-8-9-18-30(25)39-21-31(37)36(20-26-27(33)16-10-17-28(26)34)29(19-23-11-4-3-5-12-23)32(38)35-24-13-6-7-14-24/h3-5,8-12,15-18,22,24,29H,6-7,13-14,19-21H2,1-2H3,(H,35,38)/t29-/m0/s1. The maximum absolute atomic E-state index is 13.9. The topological polar surface area (TPSA) is 58.6 Å². The van der Waals surface area contributed by atoms with E-state index in [0.29, 0.717) is 27.8 Å². The average Bonchev–Trinajstić information content (AvgIpc) is 3.44. The van der Waals surface area contributed by atoms with Gasteiger partial charge in [0.15, 0.2) is 6.61 Å². The Morgan fingerprint density at radius 3 is 2.23 bits per heavy atom. The van der Waals surface area contributed by atoms with E-state index in [1.165, 1.54) is 0 Å². The van der Waals surface area contributed by atoms with Gasteiger partial charge in [-0.05, 0) is 48.1 Å². The second kappa shape index (κ2) is 13.9. The summed E-state index contributed by atoms with van der Waals surface area (Å²) in [5.74, 6) is 0.404. The fourth-order valence-electron chi connectivity index (χ4n) is 5.09. The van der Waals surface area contributed by atoms with E-state index in [1.54, 1.807) is 23.1 Å². The number of benzene rings is 3. The highest BCUT2D eigenvalue weighted by Crippen LogP contribution is 2.29. The summed E-state index contributed by atoms with van der Waals surface area (Å²) in [5.41, 5.74) is 2.58. The number of nitrogens with one attached hydrogen (secondary N) is 1. The number of carbonyl (C=O) groups excluding carboxylic acids is 2. The van der Waals surface area contributed by atoms with E-state index in [-0.39, 0.29) is 36.9 Å². The summed E-state index contributed by atoms with van der Waals surface area (Å²) in [6.07, 6.45) is 4.44. The maximum atomic E-state index is 13.9. The zero-order chi connectivity index (χ0) is 27.8. The van der Waals surface area contributed by atoms with Crippen LogP contribution in [0.1, 0.15) is 62.1 Å². The molecule has 0 aromatic heterocycles. The number of rotatable bonds is 11. The Hall–Kier alpha value is -3.02. The first-order chi connectivity index (χ1) is 18.8. The van der Waals surface area contributed by atoms with Crippen molar-refractivity contribution in [2.24, 2.45) is 0 Å². The zero-order valence-corrected chi connectivity index (χ0v) is 24.0. The van der Waals surface area contributed by atoms with E-state index < -0.39 is 6.04 Å². The Kier molecular flexibility index (Phi) is 10.3. The molecule has 0 radical (unpaired) electrons. The molecule has 0 unspecified atom stereocenters. The average molecular weight is 568 g/mol. The van der Waals surface area contributed by atoms with E-state index in [1.807, 2.05) is 54.6 Å². The smallest absolute Gasteiger partial charge is 0.261 e. The van der Waals surface area contributed by atoms with Gasteiger partial charge in [-0.3, -0.25) is 9.59 Å². The first-order valence-electron chi connectivity index (χ1n) is 13.6. The molecule has 0 bridgehead atoms. The Labute approximate surface area is 241 Å². The number of ether oxygens (including phenoxy) is 1. The van der Waals surface area contributed by atoms with Crippen LogP contribution in [0.15, 0.2) is 72.8 Å². The van der Waals surface area contributed by atoms with Crippen LogP contribution in [-0.2, 0) is 22.6 Å². The molecule has 0 spiro atoms.